The van der Waals surface area contributed by atoms with Crippen LogP contribution in [0.2, 0.25) is 0 Å². The van der Waals surface area contributed by atoms with Crippen molar-refractivity contribution < 1.29 is 27.8 Å². The summed E-state index contributed by atoms with van der Waals surface area (Å²) < 4.78 is 40.7. The number of rotatable bonds is 3. The van der Waals surface area contributed by atoms with E-state index in [0.29, 0.717) is 5.56 Å². The maximum atomic E-state index is 13.2. The first-order chi connectivity index (χ1) is 6.91. The van der Waals surface area contributed by atoms with E-state index in [0.717, 1.165) is 12.1 Å². The summed E-state index contributed by atoms with van der Waals surface area (Å²) in [6, 6.07) is 2.05. The Morgan fingerprint density at radius 2 is 2.07 bits per heavy atom. The van der Waals surface area contributed by atoms with E-state index < -0.39 is 29.7 Å². The fraction of sp³-hybridized carbons (Fsp3) is 0.222. The van der Waals surface area contributed by atoms with Crippen molar-refractivity contribution in [3.63, 3.8) is 0 Å². The second-order valence-corrected chi connectivity index (χ2v) is 2.81. The van der Waals surface area contributed by atoms with Gasteiger partial charge in [-0.05, 0) is 24.6 Å². The third kappa shape index (κ3) is 2.61. The molecule has 0 saturated carbocycles. The Balaban J connectivity index is 3.22. The van der Waals surface area contributed by atoms with Gasteiger partial charge < -0.3 is 9.84 Å². The standard InChI is InChI=1S/C9H7F3O3/c1-4-2-5(8(13)14)7(10)6(3-4)15-9(11)12/h2-3,9H,1H3,(H,13,14). The number of carboxylic acids is 1. The van der Waals surface area contributed by atoms with Gasteiger partial charge in [-0.2, -0.15) is 8.78 Å². The summed E-state index contributed by atoms with van der Waals surface area (Å²) in [5, 5.41) is 8.57. The van der Waals surface area contributed by atoms with Gasteiger partial charge in [-0.1, -0.05) is 0 Å². The lowest BCUT2D eigenvalue weighted by atomic mass is 10.1. The summed E-state index contributed by atoms with van der Waals surface area (Å²) in [6.45, 7) is -1.74. The highest BCUT2D eigenvalue weighted by Gasteiger charge is 2.18. The molecule has 0 aliphatic rings. The van der Waals surface area contributed by atoms with Crippen molar-refractivity contribution in [1.29, 1.82) is 0 Å². The molecule has 82 valence electrons. The second-order valence-electron chi connectivity index (χ2n) is 2.81. The van der Waals surface area contributed by atoms with Crippen LogP contribution < -0.4 is 4.74 Å². The van der Waals surface area contributed by atoms with Crippen LogP contribution in [0.4, 0.5) is 13.2 Å². The molecule has 0 unspecified atom stereocenters. The molecule has 0 amide bonds. The molecule has 3 nitrogen and oxygen atoms in total. The van der Waals surface area contributed by atoms with Crippen LogP contribution in [0.1, 0.15) is 15.9 Å². The van der Waals surface area contributed by atoms with Crippen molar-refractivity contribution in [2.45, 2.75) is 13.5 Å². The van der Waals surface area contributed by atoms with Crippen LogP contribution in [0.3, 0.4) is 0 Å². The second kappa shape index (κ2) is 4.20. The average molecular weight is 220 g/mol. The van der Waals surface area contributed by atoms with E-state index in [1.807, 2.05) is 0 Å². The molecule has 1 aromatic rings. The number of benzene rings is 1. The van der Waals surface area contributed by atoms with Crippen molar-refractivity contribution in [3.05, 3.63) is 29.1 Å². The van der Waals surface area contributed by atoms with E-state index in [1.165, 1.54) is 6.92 Å². The van der Waals surface area contributed by atoms with Crippen molar-refractivity contribution in [3.8, 4) is 5.75 Å². The molecular formula is C9H7F3O3. The highest BCUT2D eigenvalue weighted by atomic mass is 19.3. The lowest BCUT2D eigenvalue weighted by Crippen LogP contribution is -2.08. The van der Waals surface area contributed by atoms with Crippen LogP contribution in [0.5, 0.6) is 5.75 Å². The summed E-state index contributed by atoms with van der Waals surface area (Å²) in [5.74, 6) is -3.59. The minimum absolute atomic E-state index is 0.324. The fourth-order valence-corrected chi connectivity index (χ4v) is 1.07. The molecule has 0 radical (unpaired) electrons. The molecule has 0 spiro atoms. The monoisotopic (exact) mass is 220 g/mol. The highest BCUT2D eigenvalue weighted by Crippen LogP contribution is 2.24. The van der Waals surface area contributed by atoms with Gasteiger partial charge in [-0.25, -0.2) is 9.18 Å². The van der Waals surface area contributed by atoms with Gasteiger partial charge in [0, 0.05) is 0 Å². The molecule has 15 heavy (non-hydrogen) atoms. The van der Waals surface area contributed by atoms with E-state index in [9.17, 15) is 18.0 Å². The molecule has 0 aliphatic carbocycles. The zero-order chi connectivity index (χ0) is 11.6. The normalized spacial score (nSPS) is 10.5. The largest absolute Gasteiger partial charge is 0.478 e. The Morgan fingerprint density at radius 1 is 1.47 bits per heavy atom. The van der Waals surface area contributed by atoms with Gasteiger partial charge in [0.2, 0.25) is 0 Å². The third-order valence-electron chi connectivity index (χ3n) is 1.63. The van der Waals surface area contributed by atoms with Crippen molar-refractivity contribution in [2.75, 3.05) is 0 Å². The average Bonchev–Trinajstić information content (AvgIpc) is 2.09. The maximum absolute atomic E-state index is 13.2. The SMILES string of the molecule is Cc1cc(OC(F)F)c(F)c(C(=O)O)c1. The molecule has 0 aromatic heterocycles. The van der Waals surface area contributed by atoms with E-state index in [2.05, 4.69) is 4.74 Å². The van der Waals surface area contributed by atoms with Gasteiger partial charge in [0.25, 0.3) is 0 Å². The van der Waals surface area contributed by atoms with Crippen LogP contribution in [-0.2, 0) is 0 Å². The molecule has 0 aliphatic heterocycles. The Labute approximate surface area is 83.1 Å². The Hall–Kier alpha value is -1.72. The van der Waals surface area contributed by atoms with Crippen molar-refractivity contribution >= 4 is 5.97 Å². The van der Waals surface area contributed by atoms with Crippen molar-refractivity contribution in [2.24, 2.45) is 0 Å². The zero-order valence-electron chi connectivity index (χ0n) is 7.63. The molecule has 1 N–H and O–H groups in total. The summed E-state index contributed by atoms with van der Waals surface area (Å²) in [5.41, 5.74) is -0.366. The number of halogens is 3. The van der Waals surface area contributed by atoms with E-state index in [-0.39, 0.29) is 0 Å². The molecule has 0 atom stereocenters. The number of alkyl halides is 2. The molecule has 1 aromatic carbocycles. The first-order valence-corrected chi connectivity index (χ1v) is 3.90. The number of aromatic carboxylic acids is 1. The van der Waals surface area contributed by atoms with E-state index >= 15 is 0 Å². The zero-order valence-corrected chi connectivity index (χ0v) is 7.63. The molecule has 0 bridgehead atoms. The van der Waals surface area contributed by atoms with Gasteiger partial charge >= 0.3 is 12.6 Å². The quantitative estimate of drug-likeness (QED) is 0.850. The molecule has 1 rings (SSSR count). The van der Waals surface area contributed by atoms with Gasteiger partial charge in [0.1, 0.15) is 0 Å². The maximum Gasteiger partial charge on any atom is 0.387 e. The van der Waals surface area contributed by atoms with Crippen molar-refractivity contribution in [1.82, 2.24) is 0 Å². The third-order valence-corrected chi connectivity index (χ3v) is 1.63. The number of ether oxygens (including phenoxy) is 1. The van der Waals surface area contributed by atoms with Crippen LogP contribution in [0, 0.1) is 12.7 Å². The van der Waals surface area contributed by atoms with Crippen LogP contribution in [0.25, 0.3) is 0 Å². The highest BCUT2D eigenvalue weighted by molar-refractivity contribution is 5.88. The van der Waals surface area contributed by atoms with Crippen LogP contribution >= 0.6 is 0 Å². The summed E-state index contributed by atoms with van der Waals surface area (Å²) >= 11 is 0. The van der Waals surface area contributed by atoms with E-state index in [4.69, 9.17) is 5.11 Å². The number of carboxylic acid groups (broad SMARTS) is 1. The minimum Gasteiger partial charge on any atom is -0.478 e. The number of aryl methyl sites for hydroxylation is 1. The molecule has 6 heteroatoms. The van der Waals surface area contributed by atoms with E-state index in [1.54, 1.807) is 0 Å². The molecule has 0 heterocycles. The summed E-state index contributed by atoms with van der Waals surface area (Å²) in [4.78, 5) is 10.5. The molecular weight excluding hydrogens is 213 g/mol. The van der Waals surface area contributed by atoms with Crippen LogP contribution in [-0.4, -0.2) is 17.7 Å². The molecule has 0 saturated heterocycles. The first-order valence-electron chi connectivity index (χ1n) is 3.90. The topological polar surface area (TPSA) is 46.5 Å². The Bertz CT molecular complexity index is 390. The summed E-state index contributed by atoms with van der Waals surface area (Å²) in [7, 11) is 0. The number of carbonyl (C=O) groups is 1. The van der Waals surface area contributed by atoms with Crippen LogP contribution in [0.15, 0.2) is 12.1 Å². The van der Waals surface area contributed by atoms with Gasteiger partial charge in [-0.3, -0.25) is 0 Å². The Morgan fingerprint density at radius 3 is 2.53 bits per heavy atom. The summed E-state index contributed by atoms with van der Waals surface area (Å²) in [6.07, 6.45) is 0. The number of hydrogen-bond donors (Lipinski definition) is 1. The van der Waals surface area contributed by atoms with Gasteiger partial charge in [0.15, 0.2) is 11.6 Å². The lowest BCUT2D eigenvalue weighted by Gasteiger charge is -2.08. The predicted molar refractivity (Wildman–Crippen MR) is 44.7 cm³/mol. The van der Waals surface area contributed by atoms with Gasteiger partial charge in [0.05, 0.1) is 5.56 Å². The van der Waals surface area contributed by atoms with Gasteiger partial charge in [-0.15, -0.1) is 0 Å². The smallest absolute Gasteiger partial charge is 0.387 e. The molecule has 0 fully saturated rings. The predicted octanol–water partition coefficient (Wildman–Crippen LogP) is 2.43. The Kier molecular flexibility index (Phi) is 3.18. The fourth-order valence-electron chi connectivity index (χ4n) is 1.07. The minimum atomic E-state index is -3.19. The lowest BCUT2D eigenvalue weighted by molar-refractivity contribution is -0.0523. The number of hydrogen-bond acceptors (Lipinski definition) is 2. The first kappa shape index (κ1) is 11.4.